The second-order valence-electron chi connectivity index (χ2n) is 6.35. The molecule has 0 atom stereocenters. The summed E-state index contributed by atoms with van der Waals surface area (Å²) < 4.78 is 0. The van der Waals surface area contributed by atoms with E-state index in [9.17, 15) is 0 Å². The number of hydrogen-bond acceptors (Lipinski definition) is 3. The van der Waals surface area contributed by atoms with Crippen molar-refractivity contribution in [2.45, 2.75) is 39.2 Å². The predicted molar refractivity (Wildman–Crippen MR) is 85.2 cm³/mol. The first-order valence-electron chi connectivity index (χ1n) is 7.80. The maximum atomic E-state index is 4.59. The Balaban J connectivity index is 1.61. The quantitative estimate of drug-likeness (QED) is 0.915. The summed E-state index contributed by atoms with van der Waals surface area (Å²) in [5.41, 5.74) is 4.07. The Kier molecular flexibility index (Phi) is 4.30. The average Bonchev–Trinajstić information content (AvgIpc) is 2.91. The molecule has 1 aromatic heterocycles. The maximum Gasteiger partial charge on any atom is 0.131 e. The zero-order valence-corrected chi connectivity index (χ0v) is 12.8. The maximum absolute atomic E-state index is 4.59. The van der Waals surface area contributed by atoms with Crippen LogP contribution in [0.2, 0.25) is 0 Å². The first-order chi connectivity index (χ1) is 10.2. The summed E-state index contributed by atoms with van der Waals surface area (Å²) in [4.78, 5) is 9.18. The van der Waals surface area contributed by atoms with Gasteiger partial charge in [0.15, 0.2) is 0 Å². The molecule has 3 rings (SSSR count). The van der Waals surface area contributed by atoms with E-state index in [4.69, 9.17) is 0 Å². The molecule has 2 aromatic rings. The molecule has 110 valence electrons. The summed E-state index contributed by atoms with van der Waals surface area (Å²) in [6.45, 7) is 6.30. The average molecular weight is 281 g/mol. The van der Waals surface area contributed by atoms with Crippen LogP contribution in [-0.4, -0.2) is 16.5 Å². The van der Waals surface area contributed by atoms with Gasteiger partial charge in [0.2, 0.25) is 0 Å². The Morgan fingerprint density at radius 2 is 1.71 bits per heavy atom. The van der Waals surface area contributed by atoms with Crippen LogP contribution in [0.3, 0.4) is 0 Å². The van der Waals surface area contributed by atoms with E-state index in [-0.39, 0.29) is 0 Å². The van der Waals surface area contributed by atoms with Crippen molar-refractivity contribution in [1.82, 2.24) is 15.3 Å². The van der Waals surface area contributed by atoms with Crippen LogP contribution in [0.15, 0.2) is 36.7 Å². The van der Waals surface area contributed by atoms with Gasteiger partial charge in [-0.3, -0.25) is 0 Å². The highest BCUT2D eigenvalue weighted by Crippen LogP contribution is 2.31. The fourth-order valence-corrected chi connectivity index (χ4v) is 2.91. The highest BCUT2D eigenvalue weighted by atomic mass is 14.9. The van der Waals surface area contributed by atoms with Gasteiger partial charge < -0.3 is 5.32 Å². The molecule has 0 spiro atoms. The molecule has 0 fully saturated rings. The van der Waals surface area contributed by atoms with Crippen molar-refractivity contribution >= 4 is 0 Å². The number of hydrogen-bond donors (Lipinski definition) is 1. The van der Waals surface area contributed by atoms with Gasteiger partial charge in [0, 0.05) is 30.4 Å². The standard InChI is InChI=1S/C18H23N3/c1-13(2)9-19-10-14-11-20-18(21-12-14)17-7-15-5-3-4-6-16(15)8-17/h3-6,11-13,17,19H,7-10H2,1-2H3. The second-order valence-corrected chi connectivity index (χ2v) is 6.35. The lowest BCUT2D eigenvalue weighted by Crippen LogP contribution is -2.19. The lowest BCUT2D eigenvalue weighted by Gasteiger charge is -2.09. The molecule has 0 saturated carbocycles. The molecule has 1 aliphatic rings. The zero-order chi connectivity index (χ0) is 14.7. The Labute approximate surface area is 126 Å². The molecule has 1 heterocycles. The van der Waals surface area contributed by atoms with Crippen molar-refractivity contribution in [3.63, 3.8) is 0 Å². The molecule has 21 heavy (non-hydrogen) atoms. The van der Waals surface area contributed by atoms with Crippen LogP contribution >= 0.6 is 0 Å². The van der Waals surface area contributed by atoms with Gasteiger partial charge in [0.25, 0.3) is 0 Å². The van der Waals surface area contributed by atoms with Crippen LogP contribution < -0.4 is 5.32 Å². The van der Waals surface area contributed by atoms with E-state index in [0.717, 1.165) is 37.3 Å². The Morgan fingerprint density at radius 1 is 1.10 bits per heavy atom. The number of aromatic nitrogens is 2. The van der Waals surface area contributed by atoms with Crippen LogP contribution in [0, 0.1) is 5.92 Å². The SMILES string of the molecule is CC(C)CNCc1cnc(C2Cc3ccccc3C2)nc1. The molecule has 1 N–H and O–H groups in total. The normalized spacial score (nSPS) is 14.6. The molecule has 0 unspecified atom stereocenters. The van der Waals surface area contributed by atoms with Crippen molar-refractivity contribution in [2.24, 2.45) is 5.92 Å². The van der Waals surface area contributed by atoms with Crippen molar-refractivity contribution in [3.05, 3.63) is 59.2 Å². The van der Waals surface area contributed by atoms with Gasteiger partial charge in [-0.15, -0.1) is 0 Å². The van der Waals surface area contributed by atoms with Crippen LogP contribution in [-0.2, 0) is 19.4 Å². The van der Waals surface area contributed by atoms with Gasteiger partial charge in [-0.25, -0.2) is 9.97 Å². The van der Waals surface area contributed by atoms with Gasteiger partial charge in [0.1, 0.15) is 5.82 Å². The van der Waals surface area contributed by atoms with Crippen molar-refractivity contribution in [1.29, 1.82) is 0 Å². The molecule has 0 aliphatic heterocycles. The van der Waals surface area contributed by atoms with Gasteiger partial charge in [-0.2, -0.15) is 0 Å². The molecule has 0 radical (unpaired) electrons. The van der Waals surface area contributed by atoms with E-state index >= 15 is 0 Å². The summed E-state index contributed by atoms with van der Waals surface area (Å²) in [6, 6.07) is 8.68. The lowest BCUT2D eigenvalue weighted by atomic mass is 10.1. The van der Waals surface area contributed by atoms with E-state index in [0.29, 0.717) is 11.8 Å². The monoisotopic (exact) mass is 281 g/mol. The summed E-state index contributed by atoms with van der Waals surface area (Å²) in [5, 5.41) is 3.42. The topological polar surface area (TPSA) is 37.8 Å². The third-order valence-corrected chi connectivity index (χ3v) is 4.02. The number of nitrogens with zero attached hydrogens (tertiary/aromatic N) is 2. The molecule has 3 nitrogen and oxygen atoms in total. The molecule has 3 heteroatoms. The van der Waals surface area contributed by atoms with Gasteiger partial charge in [-0.1, -0.05) is 38.1 Å². The molecule has 1 aromatic carbocycles. The van der Waals surface area contributed by atoms with Gasteiger partial charge in [-0.05, 0) is 36.4 Å². The van der Waals surface area contributed by atoms with Crippen LogP contribution in [0.25, 0.3) is 0 Å². The van der Waals surface area contributed by atoms with E-state index in [2.05, 4.69) is 53.4 Å². The molecular formula is C18H23N3. The van der Waals surface area contributed by atoms with Gasteiger partial charge >= 0.3 is 0 Å². The number of rotatable bonds is 5. The Bertz CT molecular complexity index is 565. The first-order valence-corrected chi connectivity index (χ1v) is 7.80. The summed E-state index contributed by atoms with van der Waals surface area (Å²) >= 11 is 0. The third kappa shape index (κ3) is 3.48. The smallest absolute Gasteiger partial charge is 0.131 e. The summed E-state index contributed by atoms with van der Waals surface area (Å²) in [7, 11) is 0. The summed E-state index contributed by atoms with van der Waals surface area (Å²) in [5.74, 6) is 2.10. The van der Waals surface area contributed by atoms with Gasteiger partial charge in [0.05, 0.1) is 0 Å². The number of benzene rings is 1. The minimum absolute atomic E-state index is 0.445. The van der Waals surface area contributed by atoms with Crippen LogP contribution in [0.4, 0.5) is 0 Å². The Morgan fingerprint density at radius 3 is 2.29 bits per heavy atom. The van der Waals surface area contributed by atoms with Crippen molar-refractivity contribution < 1.29 is 0 Å². The second kappa shape index (κ2) is 6.35. The zero-order valence-electron chi connectivity index (χ0n) is 12.8. The molecular weight excluding hydrogens is 258 g/mol. The highest BCUT2D eigenvalue weighted by molar-refractivity contribution is 5.35. The predicted octanol–water partition coefficient (Wildman–Crippen LogP) is 3.10. The number of fused-ring (bicyclic) bond motifs is 1. The van der Waals surface area contributed by atoms with E-state index in [1.807, 2.05) is 12.4 Å². The third-order valence-electron chi connectivity index (χ3n) is 4.02. The van der Waals surface area contributed by atoms with Crippen LogP contribution in [0.5, 0.6) is 0 Å². The molecule has 0 amide bonds. The van der Waals surface area contributed by atoms with Crippen LogP contribution in [0.1, 0.15) is 42.3 Å². The minimum Gasteiger partial charge on any atom is -0.312 e. The fraction of sp³-hybridized carbons (Fsp3) is 0.444. The molecule has 0 saturated heterocycles. The van der Waals surface area contributed by atoms with Crippen molar-refractivity contribution in [3.8, 4) is 0 Å². The largest absolute Gasteiger partial charge is 0.312 e. The molecule has 0 bridgehead atoms. The fourth-order valence-electron chi connectivity index (χ4n) is 2.91. The summed E-state index contributed by atoms with van der Waals surface area (Å²) in [6.07, 6.45) is 6.08. The van der Waals surface area contributed by atoms with E-state index < -0.39 is 0 Å². The molecule has 1 aliphatic carbocycles. The van der Waals surface area contributed by atoms with E-state index in [1.165, 1.54) is 11.1 Å². The van der Waals surface area contributed by atoms with Crippen molar-refractivity contribution in [2.75, 3.05) is 6.54 Å². The first kappa shape index (κ1) is 14.2. The van der Waals surface area contributed by atoms with E-state index in [1.54, 1.807) is 0 Å². The Hall–Kier alpha value is -1.74. The minimum atomic E-state index is 0.445. The lowest BCUT2D eigenvalue weighted by molar-refractivity contribution is 0.550. The highest BCUT2D eigenvalue weighted by Gasteiger charge is 2.24. The number of nitrogens with one attached hydrogen (secondary N) is 1.